The van der Waals surface area contributed by atoms with Gasteiger partial charge >= 0.3 is 6.03 Å². The minimum Gasteiger partial charge on any atom is -0.453 e. The molecule has 0 aliphatic carbocycles. The van der Waals surface area contributed by atoms with Crippen LogP contribution in [0.15, 0.2) is 72.8 Å². The molecule has 0 spiro atoms. The van der Waals surface area contributed by atoms with Crippen molar-refractivity contribution in [1.82, 2.24) is 4.90 Å². The van der Waals surface area contributed by atoms with Crippen LogP contribution in [0, 0.1) is 0 Å². The molecule has 6 heteroatoms. The molecule has 30 heavy (non-hydrogen) atoms. The highest BCUT2D eigenvalue weighted by molar-refractivity contribution is 6.03. The molecule has 3 aromatic rings. The van der Waals surface area contributed by atoms with Crippen LogP contribution in [0.3, 0.4) is 0 Å². The Kier molecular flexibility index (Phi) is 4.59. The summed E-state index contributed by atoms with van der Waals surface area (Å²) in [5, 5.41) is 0. The van der Waals surface area contributed by atoms with Crippen molar-refractivity contribution in [3.63, 3.8) is 0 Å². The lowest BCUT2D eigenvalue weighted by Gasteiger charge is -2.40. The average Bonchev–Trinajstić information content (AvgIpc) is 2.82. The van der Waals surface area contributed by atoms with Crippen molar-refractivity contribution in [2.75, 3.05) is 36.0 Å². The second-order valence-electron chi connectivity index (χ2n) is 7.31. The maximum atomic E-state index is 13.6. The van der Waals surface area contributed by atoms with E-state index >= 15 is 0 Å². The van der Waals surface area contributed by atoms with Gasteiger partial charge in [0.15, 0.2) is 17.8 Å². The summed E-state index contributed by atoms with van der Waals surface area (Å²) in [6.45, 7) is 2.50. The molecule has 0 unspecified atom stereocenters. The molecule has 5 rings (SSSR count). The van der Waals surface area contributed by atoms with E-state index in [4.69, 9.17) is 4.74 Å². The van der Waals surface area contributed by atoms with E-state index in [0.29, 0.717) is 43.2 Å². The van der Waals surface area contributed by atoms with Gasteiger partial charge in [0.2, 0.25) is 0 Å². The first kappa shape index (κ1) is 18.2. The molecular weight excluding hydrogens is 378 g/mol. The normalized spacial score (nSPS) is 15.1. The lowest BCUT2D eigenvalue weighted by molar-refractivity contribution is 0.112. The van der Waals surface area contributed by atoms with Gasteiger partial charge in [-0.15, -0.1) is 0 Å². The molecule has 1 saturated heterocycles. The summed E-state index contributed by atoms with van der Waals surface area (Å²) in [4.78, 5) is 30.7. The molecule has 0 radical (unpaired) electrons. The average molecular weight is 399 g/mol. The molecule has 0 N–H and O–H groups in total. The van der Waals surface area contributed by atoms with E-state index in [-0.39, 0.29) is 6.03 Å². The third-order valence-corrected chi connectivity index (χ3v) is 5.58. The van der Waals surface area contributed by atoms with E-state index in [9.17, 15) is 9.59 Å². The number of fused-ring (bicyclic) bond motifs is 2. The number of urea groups is 1. The number of carbonyl (C=O) groups is 2. The Morgan fingerprint density at radius 1 is 0.733 bits per heavy atom. The molecule has 2 aliphatic heterocycles. The van der Waals surface area contributed by atoms with Crippen molar-refractivity contribution in [3.05, 3.63) is 78.4 Å². The molecule has 0 aromatic heterocycles. The van der Waals surface area contributed by atoms with Crippen molar-refractivity contribution in [3.8, 4) is 11.5 Å². The predicted molar refractivity (Wildman–Crippen MR) is 116 cm³/mol. The zero-order chi connectivity index (χ0) is 20.5. The van der Waals surface area contributed by atoms with Gasteiger partial charge in [-0.25, -0.2) is 4.79 Å². The van der Waals surface area contributed by atoms with Crippen LogP contribution in [0.4, 0.5) is 21.9 Å². The van der Waals surface area contributed by atoms with E-state index in [0.717, 1.165) is 23.3 Å². The highest BCUT2D eigenvalue weighted by atomic mass is 16.5. The van der Waals surface area contributed by atoms with E-state index in [1.807, 2.05) is 77.7 Å². The molecular formula is C24H21N3O3. The number of aldehydes is 1. The number of ether oxygens (including phenoxy) is 1. The standard InChI is InChI=1S/C24H21N3O3/c28-17-18-7-1-2-8-19(18)25-13-15-26(16-14-25)24(29)27-20-9-3-5-11-22(20)30-23-12-6-4-10-21(23)27/h1-12,17H,13-16H2. The van der Waals surface area contributed by atoms with Crippen molar-refractivity contribution in [1.29, 1.82) is 0 Å². The third kappa shape index (κ3) is 3.06. The molecule has 0 saturated carbocycles. The number of amides is 2. The molecule has 2 heterocycles. The summed E-state index contributed by atoms with van der Waals surface area (Å²) in [5.74, 6) is 1.34. The highest BCUT2D eigenvalue weighted by Gasteiger charge is 2.33. The molecule has 3 aromatic carbocycles. The first-order chi connectivity index (χ1) is 14.8. The number of anilines is 3. The lowest BCUT2D eigenvalue weighted by atomic mass is 10.1. The number of hydrogen-bond acceptors (Lipinski definition) is 4. The van der Waals surface area contributed by atoms with Crippen molar-refractivity contribution >= 4 is 29.4 Å². The number of rotatable bonds is 2. The monoisotopic (exact) mass is 399 g/mol. The van der Waals surface area contributed by atoms with Gasteiger partial charge in [0.1, 0.15) is 0 Å². The summed E-state index contributed by atoms with van der Waals surface area (Å²) in [7, 11) is 0. The van der Waals surface area contributed by atoms with E-state index in [1.165, 1.54) is 0 Å². The summed E-state index contributed by atoms with van der Waals surface area (Å²) in [6, 6.07) is 22.7. The number of piperazine rings is 1. The van der Waals surface area contributed by atoms with E-state index in [1.54, 1.807) is 4.90 Å². The maximum Gasteiger partial charge on any atom is 0.329 e. The summed E-state index contributed by atoms with van der Waals surface area (Å²) >= 11 is 0. The SMILES string of the molecule is O=Cc1ccccc1N1CCN(C(=O)N2c3ccccc3Oc3ccccc32)CC1. The lowest BCUT2D eigenvalue weighted by Crippen LogP contribution is -2.52. The Bertz CT molecular complexity index is 1060. The smallest absolute Gasteiger partial charge is 0.329 e. The van der Waals surface area contributed by atoms with Crippen molar-refractivity contribution < 1.29 is 14.3 Å². The fourth-order valence-electron chi connectivity index (χ4n) is 4.07. The van der Waals surface area contributed by atoms with Crippen LogP contribution in [-0.2, 0) is 0 Å². The van der Waals surface area contributed by atoms with Gasteiger partial charge in [-0.3, -0.25) is 9.69 Å². The van der Waals surface area contributed by atoms with Crippen LogP contribution in [0.25, 0.3) is 0 Å². The van der Waals surface area contributed by atoms with Crippen LogP contribution in [0.2, 0.25) is 0 Å². The highest BCUT2D eigenvalue weighted by Crippen LogP contribution is 2.46. The Balaban J connectivity index is 1.40. The third-order valence-electron chi connectivity index (χ3n) is 5.58. The Morgan fingerprint density at radius 2 is 1.27 bits per heavy atom. The maximum absolute atomic E-state index is 13.6. The van der Waals surface area contributed by atoms with Gasteiger partial charge in [0, 0.05) is 37.4 Å². The Labute approximate surface area is 174 Å². The van der Waals surface area contributed by atoms with Crippen LogP contribution < -0.4 is 14.5 Å². The minimum atomic E-state index is -0.0680. The minimum absolute atomic E-state index is 0.0680. The quantitative estimate of drug-likeness (QED) is 0.587. The molecule has 150 valence electrons. The fraction of sp³-hybridized carbons (Fsp3) is 0.167. The largest absolute Gasteiger partial charge is 0.453 e. The van der Waals surface area contributed by atoms with Gasteiger partial charge in [0.05, 0.1) is 11.4 Å². The van der Waals surface area contributed by atoms with Crippen molar-refractivity contribution in [2.45, 2.75) is 0 Å². The van der Waals surface area contributed by atoms with Gasteiger partial charge in [-0.1, -0.05) is 36.4 Å². The molecule has 1 fully saturated rings. The number of nitrogens with zero attached hydrogens (tertiary/aromatic N) is 3. The second kappa shape index (κ2) is 7.55. The van der Waals surface area contributed by atoms with Gasteiger partial charge in [-0.05, 0) is 36.4 Å². The first-order valence-electron chi connectivity index (χ1n) is 10.0. The van der Waals surface area contributed by atoms with Crippen LogP contribution in [-0.4, -0.2) is 43.4 Å². The summed E-state index contributed by atoms with van der Waals surface area (Å²) < 4.78 is 5.99. The van der Waals surface area contributed by atoms with Gasteiger partial charge in [0.25, 0.3) is 0 Å². The summed E-state index contributed by atoms with van der Waals surface area (Å²) in [5.41, 5.74) is 3.08. The Hall–Kier alpha value is -3.80. The molecule has 6 nitrogen and oxygen atoms in total. The fourth-order valence-corrected chi connectivity index (χ4v) is 4.07. The van der Waals surface area contributed by atoms with Gasteiger partial charge in [-0.2, -0.15) is 0 Å². The summed E-state index contributed by atoms with van der Waals surface area (Å²) in [6.07, 6.45) is 0.883. The second-order valence-corrected chi connectivity index (χ2v) is 7.31. The molecule has 2 aliphatic rings. The van der Waals surface area contributed by atoms with Crippen LogP contribution >= 0.6 is 0 Å². The van der Waals surface area contributed by atoms with Gasteiger partial charge < -0.3 is 14.5 Å². The topological polar surface area (TPSA) is 53.1 Å². The number of carbonyl (C=O) groups excluding carboxylic acids is 2. The predicted octanol–water partition coefficient (Wildman–Crippen LogP) is 4.69. The number of hydrogen-bond donors (Lipinski definition) is 0. The molecule has 0 bridgehead atoms. The zero-order valence-corrected chi connectivity index (χ0v) is 16.4. The first-order valence-corrected chi connectivity index (χ1v) is 10.0. The van der Waals surface area contributed by atoms with E-state index < -0.39 is 0 Å². The van der Waals surface area contributed by atoms with Crippen LogP contribution in [0.1, 0.15) is 10.4 Å². The van der Waals surface area contributed by atoms with Crippen LogP contribution in [0.5, 0.6) is 11.5 Å². The van der Waals surface area contributed by atoms with Crippen molar-refractivity contribution in [2.24, 2.45) is 0 Å². The molecule has 0 atom stereocenters. The number of benzene rings is 3. The number of para-hydroxylation sites is 5. The Morgan fingerprint density at radius 3 is 1.87 bits per heavy atom. The van der Waals surface area contributed by atoms with E-state index in [2.05, 4.69) is 4.90 Å². The zero-order valence-electron chi connectivity index (χ0n) is 16.4. The molecule has 2 amide bonds.